The second-order valence-electron chi connectivity index (χ2n) is 5.06. The van der Waals surface area contributed by atoms with Gasteiger partial charge in [0.1, 0.15) is 0 Å². The Morgan fingerprint density at radius 2 is 1.95 bits per heavy atom. The molecule has 1 aliphatic heterocycles. The molecule has 0 atom stereocenters. The van der Waals surface area contributed by atoms with Crippen molar-refractivity contribution < 1.29 is 9.47 Å². The molecular weight excluding hydrogens is 258 g/mol. The average molecular weight is 273 g/mol. The number of thiazole rings is 1. The van der Waals surface area contributed by atoms with Crippen LogP contribution in [0, 0.1) is 0 Å². The normalized spacial score (nSPS) is 18.1. The van der Waals surface area contributed by atoms with E-state index >= 15 is 0 Å². The van der Waals surface area contributed by atoms with Gasteiger partial charge in [-0.15, -0.1) is 11.3 Å². The fourth-order valence-corrected chi connectivity index (χ4v) is 3.26. The summed E-state index contributed by atoms with van der Waals surface area (Å²) in [5.74, 6) is 2.41. The summed E-state index contributed by atoms with van der Waals surface area (Å²) >= 11 is 1.77. The van der Waals surface area contributed by atoms with Gasteiger partial charge in [-0.3, -0.25) is 0 Å². The Labute approximate surface area is 116 Å². The first-order chi connectivity index (χ1) is 9.40. The molecule has 0 N–H and O–H groups in total. The Morgan fingerprint density at radius 3 is 2.79 bits per heavy atom. The molecule has 1 aliphatic carbocycles. The summed E-state index contributed by atoms with van der Waals surface area (Å²) in [6, 6.07) is 6.11. The lowest BCUT2D eigenvalue weighted by atomic mass is 10.1. The predicted molar refractivity (Wildman–Crippen MR) is 75.1 cm³/mol. The van der Waals surface area contributed by atoms with Crippen molar-refractivity contribution >= 4 is 11.3 Å². The number of ether oxygens (including phenoxy) is 2. The van der Waals surface area contributed by atoms with Crippen molar-refractivity contribution in [1.29, 1.82) is 0 Å². The van der Waals surface area contributed by atoms with E-state index in [0.717, 1.165) is 48.3 Å². The third-order valence-corrected chi connectivity index (χ3v) is 4.50. The molecule has 2 heterocycles. The van der Waals surface area contributed by atoms with Gasteiger partial charge >= 0.3 is 0 Å². The smallest absolute Gasteiger partial charge is 0.161 e. The zero-order valence-corrected chi connectivity index (χ0v) is 11.4. The monoisotopic (exact) mass is 273 g/mol. The van der Waals surface area contributed by atoms with Crippen LogP contribution in [0.3, 0.4) is 0 Å². The van der Waals surface area contributed by atoms with Crippen molar-refractivity contribution in [3.63, 3.8) is 0 Å². The van der Waals surface area contributed by atoms with Crippen LogP contribution in [-0.2, 0) is 0 Å². The highest BCUT2D eigenvalue weighted by Gasteiger charge is 2.26. The van der Waals surface area contributed by atoms with Gasteiger partial charge in [0.05, 0.1) is 23.9 Å². The Kier molecular flexibility index (Phi) is 2.69. The molecule has 0 unspecified atom stereocenters. The minimum Gasteiger partial charge on any atom is -0.490 e. The number of nitrogens with zero attached hydrogens (tertiary/aromatic N) is 1. The zero-order valence-electron chi connectivity index (χ0n) is 10.6. The van der Waals surface area contributed by atoms with Crippen LogP contribution in [-0.4, -0.2) is 18.2 Å². The summed E-state index contributed by atoms with van der Waals surface area (Å²) in [5, 5.41) is 3.43. The maximum atomic E-state index is 5.73. The lowest BCUT2D eigenvalue weighted by molar-refractivity contribution is 0.297. The van der Waals surface area contributed by atoms with Crippen LogP contribution < -0.4 is 9.47 Å². The molecule has 1 aromatic carbocycles. The van der Waals surface area contributed by atoms with Crippen LogP contribution in [0.2, 0.25) is 0 Å². The quantitative estimate of drug-likeness (QED) is 0.833. The summed E-state index contributed by atoms with van der Waals surface area (Å²) in [7, 11) is 0. The SMILES string of the molecule is c1cc2c(cc1-c1csc(C3CC3)n1)OCCCO2. The number of aromatic nitrogens is 1. The third kappa shape index (κ3) is 2.21. The molecule has 98 valence electrons. The van der Waals surface area contributed by atoms with Crippen LogP contribution in [0.4, 0.5) is 0 Å². The second-order valence-corrected chi connectivity index (χ2v) is 5.95. The first kappa shape index (κ1) is 11.3. The maximum Gasteiger partial charge on any atom is 0.161 e. The first-order valence-electron chi connectivity index (χ1n) is 6.75. The molecule has 19 heavy (non-hydrogen) atoms. The number of fused-ring (bicyclic) bond motifs is 1. The molecule has 3 nitrogen and oxygen atoms in total. The van der Waals surface area contributed by atoms with Crippen molar-refractivity contribution in [3.05, 3.63) is 28.6 Å². The van der Waals surface area contributed by atoms with Gasteiger partial charge in [-0.05, 0) is 31.0 Å². The van der Waals surface area contributed by atoms with E-state index in [-0.39, 0.29) is 0 Å². The minimum atomic E-state index is 0.721. The fourth-order valence-electron chi connectivity index (χ4n) is 2.26. The molecule has 4 rings (SSSR count). The number of benzene rings is 1. The maximum absolute atomic E-state index is 5.73. The first-order valence-corrected chi connectivity index (χ1v) is 7.63. The highest BCUT2D eigenvalue weighted by Crippen LogP contribution is 2.43. The van der Waals surface area contributed by atoms with Gasteiger partial charge in [0.25, 0.3) is 0 Å². The number of hydrogen-bond donors (Lipinski definition) is 0. The van der Waals surface area contributed by atoms with Gasteiger partial charge in [0, 0.05) is 23.3 Å². The standard InChI is InChI=1S/C15H15NO2S/c1-6-17-13-5-4-11(8-14(13)18-7-1)12-9-19-15(16-12)10-2-3-10/h4-5,8-10H,1-3,6-7H2. The van der Waals surface area contributed by atoms with E-state index in [2.05, 4.69) is 11.4 Å². The summed E-state index contributed by atoms with van der Waals surface area (Å²) in [6.45, 7) is 1.45. The zero-order chi connectivity index (χ0) is 12.7. The highest BCUT2D eigenvalue weighted by atomic mass is 32.1. The van der Waals surface area contributed by atoms with E-state index in [1.807, 2.05) is 12.1 Å². The van der Waals surface area contributed by atoms with Crippen molar-refractivity contribution in [2.75, 3.05) is 13.2 Å². The number of hydrogen-bond acceptors (Lipinski definition) is 4. The fraction of sp³-hybridized carbons (Fsp3) is 0.400. The molecule has 0 saturated heterocycles. The van der Waals surface area contributed by atoms with E-state index in [0.29, 0.717) is 0 Å². The Bertz CT molecular complexity index is 604. The van der Waals surface area contributed by atoms with Crippen molar-refractivity contribution in [2.24, 2.45) is 0 Å². The van der Waals surface area contributed by atoms with Gasteiger partial charge in [-0.25, -0.2) is 4.98 Å². The molecule has 0 amide bonds. The summed E-state index contributed by atoms with van der Waals surface area (Å²) in [5.41, 5.74) is 2.18. The van der Waals surface area contributed by atoms with Gasteiger partial charge < -0.3 is 9.47 Å². The summed E-state index contributed by atoms with van der Waals surface area (Å²) in [4.78, 5) is 4.74. The molecule has 0 bridgehead atoms. The van der Waals surface area contributed by atoms with E-state index in [1.165, 1.54) is 17.8 Å². The van der Waals surface area contributed by atoms with Crippen LogP contribution in [0.1, 0.15) is 30.2 Å². The van der Waals surface area contributed by atoms with Crippen LogP contribution >= 0.6 is 11.3 Å². The van der Waals surface area contributed by atoms with Crippen molar-refractivity contribution in [2.45, 2.75) is 25.2 Å². The van der Waals surface area contributed by atoms with Crippen LogP contribution in [0.5, 0.6) is 11.5 Å². The molecule has 0 spiro atoms. The molecule has 1 aromatic heterocycles. The Morgan fingerprint density at radius 1 is 1.11 bits per heavy atom. The predicted octanol–water partition coefficient (Wildman–Crippen LogP) is 3.85. The van der Waals surface area contributed by atoms with Crippen LogP contribution in [0.25, 0.3) is 11.3 Å². The molecule has 1 saturated carbocycles. The molecular formula is C15H15NO2S. The van der Waals surface area contributed by atoms with Crippen molar-refractivity contribution in [3.8, 4) is 22.8 Å². The van der Waals surface area contributed by atoms with Gasteiger partial charge in [-0.1, -0.05) is 0 Å². The molecule has 4 heteroatoms. The highest BCUT2D eigenvalue weighted by molar-refractivity contribution is 7.10. The van der Waals surface area contributed by atoms with E-state index in [9.17, 15) is 0 Å². The largest absolute Gasteiger partial charge is 0.490 e. The topological polar surface area (TPSA) is 31.4 Å². The molecule has 2 aromatic rings. The summed E-state index contributed by atoms with van der Waals surface area (Å²) in [6.07, 6.45) is 3.54. The van der Waals surface area contributed by atoms with Gasteiger partial charge in [0.15, 0.2) is 11.5 Å². The Hall–Kier alpha value is -1.55. The van der Waals surface area contributed by atoms with Crippen LogP contribution in [0.15, 0.2) is 23.6 Å². The second kappa shape index (κ2) is 4.53. The van der Waals surface area contributed by atoms with E-state index < -0.39 is 0 Å². The van der Waals surface area contributed by atoms with Crippen molar-refractivity contribution in [1.82, 2.24) is 4.98 Å². The van der Waals surface area contributed by atoms with Gasteiger partial charge in [-0.2, -0.15) is 0 Å². The number of rotatable bonds is 2. The minimum absolute atomic E-state index is 0.721. The lowest BCUT2D eigenvalue weighted by Crippen LogP contribution is -1.97. The summed E-state index contributed by atoms with van der Waals surface area (Å²) < 4.78 is 11.4. The van der Waals surface area contributed by atoms with E-state index in [1.54, 1.807) is 11.3 Å². The lowest BCUT2D eigenvalue weighted by Gasteiger charge is -2.08. The molecule has 2 aliphatic rings. The van der Waals surface area contributed by atoms with Gasteiger partial charge in [0.2, 0.25) is 0 Å². The molecule has 0 radical (unpaired) electrons. The van der Waals surface area contributed by atoms with E-state index in [4.69, 9.17) is 14.5 Å². The molecule has 1 fully saturated rings. The average Bonchev–Trinajstić information content (AvgIpc) is 3.21. The third-order valence-electron chi connectivity index (χ3n) is 3.49. The Balaban J connectivity index is 1.68.